The van der Waals surface area contributed by atoms with Crippen LogP contribution in [-0.2, 0) is 4.79 Å². The van der Waals surface area contributed by atoms with Crippen LogP contribution in [0.4, 0.5) is 0 Å². The van der Waals surface area contributed by atoms with Crippen LogP contribution in [0.5, 0.6) is 17.2 Å². The monoisotopic (exact) mass is 400 g/mol. The van der Waals surface area contributed by atoms with E-state index in [-0.39, 0.29) is 23.5 Å². The quantitative estimate of drug-likeness (QED) is 0.788. The van der Waals surface area contributed by atoms with Crippen LogP contribution in [0, 0.1) is 0 Å². The highest BCUT2D eigenvalue weighted by Gasteiger charge is 2.38. The average Bonchev–Trinajstić information content (AvgIpc) is 3.15. The minimum absolute atomic E-state index is 0.0857. The zero-order valence-electron chi connectivity index (χ0n) is 17.2. The molecular weight excluding hydrogens is 372 g/mol. The first kappa shape index (κ1) is 19.6. The highest BCUT2D eigenvalue weighted by molar-refractivity contribution is 6.23. The summed E-state index contributed by atoms with van der Waals surface area (Å²) in [4.78, 5) is 17.7. The molecule has 0 saturated heterocycles. The molecular formula is C22H28N2O5. The number of hydrogen-bond acceptors (Lipinski definition) is 7. The lowest BCUT2D eigenvalue weighted by Crippen LogP contribution is -2.39. The second-order valence-electron chi connectivity index (χ2n) is 7.89. The summed E-state index contributed by atoms with van der Waals surface area (Å²) in [5.41, 5.74) is 1.23. The normalized spacial score (nSPS) is 26.5. The molecule has 1 fully saturated rings. The molecule has 0 bridgehead atoms. The van der Waals surface area contributed by atoms with Crippen molar-refractivity contribution in [3.63, 3.8) is 0 Å². The van der Waals surface area contributed by atoms with Crippen molar-refractivity contribution >= 4 is 11.6 Å². The van der Waals surface area contributed by atoms with Crippen molar-refractivity contribution in [3.8, 4) is 17.2 Å². The van der Waals surface area contributed by atoms with Gasteiger partial charge in [0.25, 0.3) is 0 Å². The van der Waals surface area contributed by atoms with Gasteiger partial charge in [-0.15, -0.1) is 0 Å². The minimum atomic E-state index is -0.163. The minimum Gasteiger partial charge on any atom is -0.511 e. The molecule has 1 unspecified atom stereocenters. The van der Waals surface area contributed by atoms with Gasteiger partial charge in [-0.05, 0) is 36.5 Å². The zero-order chi connectivity index (χ0) is 20.5. The maximum Gasteiger partial charge on any atom is 0.203 e. The zero-order valence-corrected chi connectivity index (χ0v) is 17.2. The number of nitrogens with zero attached hydrogens (tertiary/aromatic N) is 1. The topological polar surface area (TPSA) is 89.4 Å². The molecule has 1 heterocycles. The van der Waals surface area contributed by atoms with E-state index in [1.54, 1.807) is 21.3 Å². The van der Waals surface area contributed by atoms with Gasteiger partial charge in [-0.25, -0.2) is 0 Å². The van der Waals surface area contributed by atoms with Gasteiger partial charge in [0, 0.05) is 18.9 Å². The van der Waals surface area contributed by atoms with E-state index < -0.39 is 0 Å². The van der Waals surface area contributed by atoms with Gasteiger partial charge in [0.2, 0.25) is 5.75 Å². The molecule has 1 aromatic rings. The Bertz CT molecular complexity index is 851. The van der Waals surface area contributed by atoms with Crippen molar-refractivity contribution in [2.75, 3.05) is 21.3 Å². The van der Waals surface area contributed by atoms with Crippen LogP contribution in [0.3, 0.4) is 0 Å². The predicted octanol–water partition coefficient (Wildman–Crippen LogP) is 3.28. The number of rotatable bonds is 5. The molecule has 0 amide bonds. The Morgan fingerprint density at radius 3 is 2.31 bits per heavy atom. The van der Waals surface area contributed by atoms with Crippen LogP contribution in [0.1, 0.15) is 50.0 Å². The van der Waals surface area contributed by atoms with E-state index in [4.69, 9.17) is 19.2 Å². The summed E-state index contributed by atoms with van der Waals surface area (Å²) in [7, 11) is 4.68. The van der Waals surface area contributed by atoms with Gasteiger partial charge in [0.05, 0.1) is 32.9 Å². The number of amidine groups is 1. The number of benzene rings is 1. The van der Waals surface area contributed by atoms with Crippen molar-refractivity contribution in [1.82, 2.24) is 5.32 Å². The molecule has 156 valence electrons. The van der Waals surface area contributed by atoms with Crippen molar-refractivity contribution < 1.29 is 24.1 Å². The highest BCUT2D eigenvalue weighted by Crippen LogP contribution is 2.43. The number of aliphatic hydroxyl groups is 1. The number of aliphatic imine (C=N–C) groups is 1. The summed E-state index contributed by atoms with van der Waals surface area (Å²) in [5, 5.41) is 14.2. The number of carbonyl (C=O) groups excluding carboxylic acids is 1. The number of methoxy groups -OCH3 is 3. The Labute approximate surface area is 170 Å². The van der Waals surface area contributed by atoms with Crippen molar-refractivity contribution in [3.05, 3.63) is 29.0 Å². The van der Waals surface area contributed by atoms with Crippen LogP contribution >= 0.6 is 0 Å². The standard InChI is InChI=1S/C22H28N2O5/c1-27-18-10-13(11-19(28-2)21(18)29-3)12-8-16(25)20(17(26)9-12)22-23-14-6-4-5-7-15(14)24-22/h10-12,14-15,25H,4-9H2,1-3H3,(H,23,24)/t12?,14-,15-/m0/s1. The molecule has 0 aromatic heterocycles. The Hall–Kier alpha value is -2.70. The molecule has 1 aromatic carbocycles. The van der Waals surface area contributed by atoms with Crippen LogP contribution in [0.2, 0.25) is 0 Å². The Balaban J connectivity index is 1.62. The van der Waals surface area contributed by atoms with Gasteiger partial charge >= 0.3 is 0 Å². The van der Waals surface area contributed by atoms with Crippen LogP contribution in [0.15, 0.2) is 28.5 Å². The van der Waals surface area contributed by atoms with Crippen LogP contribution < -0.4 is 19.5 Å². The van der Waals surface area contributed by atoms with E-state index in [1.807, 2.05) is 12.1 Å². The van der Waals surface area contributed by atoms with Gasteiger partial charge < -0.3 is 24.6 Å². The van der Waals surface area contributed by atoms with Gasteiger partial charge in [-0.3, -0.25) is 9.79 Å². The lowest BCUT2D eigenvalue weighted by atomic mass is 9.82. The molecule has 0 radical (unpaired) electrons. The smallest absolute Gasteiger partial charge is 0.203 e. The molecule has 29 heavy (non-hydrogen) atoms. The van der Waals surface area contributed by atoms with E-state index in [1.165, 1.54) is 12.8 Å². The van der Waals surface area contributed by atoms with E-state index in [2.05, 4.69) is 5.32 Å². The van der Waals surface area contributed by atoms with Crippen LogP contribution in [-0.4, -0.2) is 50.1 Å². The van der Waals surface area contributed by atoms with Gasteiger partial charge in [-0.2, -0.15) is 0 Å². The number of nitrogens with one attached hydrogen (secondary N) is 1. The summed E-state index contributed by atoms with van der Waals surface area (Å²) < 4.78 is 16.2. The van der Waals surface area contributed by atoms with Gasteiger partial charge in [-0.1, -0.05) is 12.8 Å². The molecule has 1 aliphatic heterocycles. The number of carbonyl (C=O) groups is 1. The number of ether oxygens (including phenoxy) is 3. The number of aliphatic hydroxyl groups excluding tert-OH is 1. The van der Waals surface area contributed by atoms with Crippen molar-refractivity contribution in [2.45, 2.75) is 56.5 Å². The summed E-state index contributed by atoms with van der Waals surface area (Å²) in [5.74, 6) is 2.01. The SMILES string of the molecule is COc1cc(C2CC(=O)C(C3=N[C@H]4CCCC[C@@H]4N3)=C(O)C2)cc(OC)c1OC. The Morgan fingerprint density at radius 2 is 1.72 bits per heavy atom. The predicted molar refractivity (Wildman–Crippen MR) is 109 cm³/mol. The Morgan fingerprint density at radius 1 is 1.03 bits per heavy atom. The third-order valence-corrected chi connectivity index (χ3v) is 6.18. The Kier molecular flexibility index (Phi) is 5.39. The third-order valence-electron chi connectivity index (χ3n) is 6.18. The fraction of sp³-hybridized carbons (Fsp3) is 0.545. The maximum atomic E-state index is 13.0. The summed E-state index contributed by atoms with van der Waals surface area (Å²) >= 11 is 0. The second-order valence-corrected chi connectivity index (χ2v) is 7.89. The lowest BCUT2D eigenvalue weighted by molar-refractivity contribution is -0.116. The average molecular weight is 400 g/mol. The number of ketones is 1. The molecule has 0 spiro atoms. The van der Waals surface area contributed by atoms with Crippen LogP contribution in [0.25, 0.3) is 0 Å². The van der Waals surface area contributed by atoms with E-state index in [0.717, 1.165) is 18.4 Å². The highest BCUT2D eigenvalue weighted by atomic mass is 16.5. The molecule has 2 N–H and O–H groups in total. The molecule has 1 saturated carbocycles. The van der Waals surface area contributed by atoms with E-state index >= 15 is 0 Å². The fourth-order valence-corrected chi connectivity index (χ4v) is 4.69. The molecule has 2 aliphatic carbocycles. The van der Waals surface area contributed by atoms with Crippen molar-refractivity contribution in [1.29, 1.82) is 0 Å². The molecule has 7 heteroatoms. The van der Waals surface area contributed by atoms with Gasteiger partial charge in [0.1, 0.15) is 11.6 Å². The number of fused-ring (bicyclic) bond motifs is 1. The maximum absolute atomic E-state index is 13.0. The first-order valence-corrected chi connectivity index (χ1v) is 10.2. The fourth-order valence-electron chi connectivity index (χ4n) is 4.69. The number of Topliss-reactive ketones (excluding diaryl/α,β-unsaturated/α-hetero) is 1. The number of hydrogen-bond donors (Lipinski definition) is 2. The summed E-state index contributed by atoms with van der Waals surface area (Å²) in [6.45, 7) is 0. The molecule has 7 nitrogen and oxygen atoms in total. The largest absolute Gasteiger partial charge is 0.511 e. The summed E-state index contributed by atoms with van der Waals surface area (Å²) in [6.07, 6.45) is 5.12. The number of allylic oxidation sites excluding steroid dienone is 1. The summed E-state index contributed by atoms with van der Waals surface area (Å²) in [6, 6.07) is 4.20. The molecule has 3 atom stereocenters. The first-order valence-electron chi connectivity index (χ1n) is 10.2. The van der Waals surface area contributed by atoms with Gasteiger partial charge in [0.15, 0.2) is 17.3 Å². The van der Waals surface area contributed by atoms with E-state index in [9.17, 15) is 9.90 Å². The van der Waals surface area contributed by atoms with E-state index in [0.29, 0.717) is 47.5 Å². The molecule has 4 rings (SSSR count). The third kappa shape index (κ3) is 3.54. The molecule has 3 aliphatic rings. The first-order chi connectivity index (χ1) is 14.0. The lowest BCUT2D eigenvalue weighted by Gasteiger charge is -2.26. The van der Waals surface area contributed by atoms with Crippen molar-refractivity contribution in [2.24, 2.45) is 4.99 Å². The second kappa shape index (κ2) is 7.97.